The fraction of sp³-hybridized carbons (Fsp3) is 0.412. The average Bonchev–Trinajstić information content (AvgIpc) is 2.41. The predicted molar refractivity (Wildman–Crippen MR) is 90.4 cm³/mol. The largest absolute Gasteiger partial charge is 0.481 e. The number of carboxylic acids is 1. The first kappa shape index (κ1) is 18.4. The molecule has 4 nitrogen and oxygen atoms in total. The molecule has 0 fully saturated rings. The summed E-state index contributed by atoms with van der Waals surface area (Å²) in [6.07, 6.45) is 0.556. The number of halogens is 1. The zero-order valence-electron chi connectivity index (χ0n) is 13.0. The lowest BCUT2D eigenvalue weighted by Gasteiger charge is -2.25. The molecule has 1 atom stereocenters. The molecule has 1 unspecified atom stereocenters. The summed E-state index contributed by atoms with van der Waals surface area (Å²) in [4.78, 5) is 25.0. The van der Waals surface area contributed by atoms with Crippen LogP contribution in [0.1, 0.15) is 32.3 Å². The van der Waals surface area contributed by atoms with Gasteiger partial charge in [-0.3, -0.25) is 9.59 Å². The Kier molecular flexibility index (Phi) is 7.32. The van der Waals surface area contributed by atoms with Crippen LogP contribution in [0, 0.1) is 5.92 Å². The fourth-order valence-electron chi connectivity index (χ4n) is 2.28. The van der Waals surface area contributed by atoms with Crippen molar-refractivity contribution < 1.29 is 14.7 Å². The molecule has 5 heteroatoms. The van der Waals surface area contributed by atoms with Crippen LogP contribution in [0.5, 0.6) is 0 Å². The number of carbonyl (C=O) groups excluding carboxylic acids is 1. The van der Waals surface area contributed by atoms with Crippen LogP contribution in [0.15, 0.2) is 40.9 Å². The van der Waals surface area contributed by atoms with Crippen molar-refractivity contribution >= 4 is 27.8 Å². The minimum Gasteiger partial charge on any atom is -0.481 e. The van der Waals surface area contributed by atoms with Gasteiger partial charge in [0.1, 0.15) is 0 Å². The summed E-state index contributed by atoms with van der Waals surface area (Å²) in [5, 5.41) is 8.88. The number of amides is 1. The second kappa shape index (κ2) is 8.73. The Labute approximate surface area is 140 Å². The lowest BCUT2D eigenvalue weighted by molar-refractivity contribution is -0.140. The molecule has 0 saturated heterocycles. The SMILES string of the molecule is C=C(C)CC(C)C(=O)N(CCC(=O)O)Cc1cccc(Br)c1. The molecule has 0 aliphatic rings. The maximum absolute atomic E-state index is 12.6. The van der Waals surface area contributed by atoms with Crippen molar-refractivity contribution in [1.29, 1.82) is 0 Å². The van der Waals surface area contributed by atoms with E-state index in [2.05, 4.69) is 22.5 Å². The summed E-state index contributed by atoms with van der Waals surface area (Å²) in [6, 6.07) is 7.67. The standard InChI is InChI=1S/C17H22BrNO3/c1-12(2)9-13(3)17(22)19(8-7-16(20)21)11-14-5-4-6-15(18)10-14/h4-6,10,13H,1,7-9,11H2,2-3H3,(H,20,21). The van der Waals surface area contributed by atoms with Crippen LogP contribution in [0.2, 0.25) is 0 Å². The van der Waals surface area contributed by atoms with Crippen LogP contribution in [0.3, 0.4) is 0 Å². The van der Waals surface area contributed by atoms with E-state index in [-0.39, 0.29) is 24.8 Å². The highest BCUT2D eigenvalue weighted by atomic mass is 79.9. The van der Waals surface area contributed by atoms with Gasteiger partial charge in [0.05, 0.1) is 6.42 Å². The topological polar surface area (TPSA) is 57.6 Å². The van der Waals surface area contributed by atoms with E-state index in [1.807, 2.05) is 38.1 Å². The van der Waals surface area contributed by atoms with Crippen LogP contribution in [0.25, 0.3) is 0 Å². The summed E-state index contributed by atoms with van der Waals surface area (Å²) in [5.74, 6) is -1.14. The molecule has 22 heavy (non-hydrogen) atoms. The van der Waals surface area contributed by atoms with Crippen molar-refractivity contribution in [1.82, 2.24) is 4.90 Å². The number of benzene rings is 1. The fourth-order valence-corrected chi connectivity index (χ4v) is 2.72. The van der Waals surface area contributed by atoms with Gasteiger partial charge in [0.15, 0.2) is 0 Å². The second-order valence-electron chi connectivity index (χ2n) is 5.60. The first-order valence-electron chi connectivity index (χ1n) is 7.19. The molecule has 1 rings (SSSR count). The van der Waals surface area contributed by atoms with Crippen molar-refractivity contribution in [2.75, 3.05) is 6.54 Å². The number of hydrogen-bond acceptors (Lipinski definition) is 2. The number of allylic oxidation sites excluding steroid dienone is 1. The number of nitrogens with zero attached hydrogens (tertiary/aromatic N) is 1. The number of hydrogen-bond donors (Lipinski definition) is 1. The van der Waals surface area contributed by atoms with E-state index in [0.717, 1.165) is 15.6 Å². The van der Waals surface area contributed by atoms with Crippen molar-refractivity contribution in [2.24, 2.45) is 5.92 Å². The van der Waals surface area contributed by atoms with E-state index in [0.29, 0.717) is 13.0 Å². The minimum atomic E-state index is -0.903. The minimum absolute atomic E-state index is 0.0378. The lowest BCUT2D eigenvalue weighted by Crippen LogP contribution is -2.36. The third-order valence-electron chi connectivity index (χ3n) is 3.25. The van der Waals surface area contributed by atoms with E-state index >= 15 is 0 Å². The molecule has 0 aromatic heterocycles. The van der Waals surface area contributed by atoms with Crippen molar-refractivity contribution in [2.45, 2.75) is 33.2 Å². The molecule has 0 saturated carbocycles. The van der Waals surface area contributed by atoms with Gasteiger partial charge in [-0.1, -0.05) is 40.6 Å². The lowest BCUT2D eigenvalue weighted by atomic mass is 10.0. The van der Waals surface area contributed by atoms with Crippen LogP contribution in [-0.4, -0.2) is 28.4 Å². The van der Waals surface area contributed by atoms with Crippen LogP contribution in [-0.2, 0) is 16.1 Å². The van der Waals surface area contributed by atoms with Gasteiger partial charge in [-0.25, -0.2) is 0 Å². The quantitative estimate of drug-likeness (QED) is 0.709. The van der Waals surface area contributed by atoms with Gasteiger partial charge < -0.3 is 10.0 Å². The van der Waals surface area contributed by atoms with Gasteiger partial charge in [0, 0.05) is 23.5 Å². The van der Waals surface area contributed by atoms with Crippen LogP contribution >= 0.6 is 15.9 Å². The highest BCUT2D eigenvalue weighted by Gasteiger charge is 2.21. The van der Waals surface area contributed by atoms with Crippen LogP contribution in [0.4, 0.5) is 0 Å². The van der Waals surface area contributed by atoms with Gasteiger partial charge in [0.25, 0.3) is 0 Å². The Balaban J connectivity index is 2.84. The normalized spacial score (nSPS) is 11.8. The first-order valence-corrected chi connectivity index (χ1v) is 7.98. The number of aliphatic carboxylic acids is 1. The Morgan fingerprint density at radius 3 is 2.64 bits per heavy atom. The summed E-state index contributed by atoms with van der Waals surface area (Å²) >= 11 is 3.40. The molecule has 0 heterocycles. The third kappa shape index (κ3) is 6.43. The molecule has 1 aromatic carbocycles. The monoisotopic (exact) mass is 367 g/mol. The number of rotatable bonds is 8. The van der Waals surface area contributed by atoms with Crippen molar-refractivity contribution in [3.63, 3.8) is 0 Å². The average molecular weight is 368 g/mol. The van der Waals surface area contributed by atoms with Crippen molar-refractivity contribution in [3.05, 3.63) is 46.5 Å². The molecular formula is C17H22BrNO3. The Bertz CT molecular complexity index is 557. The molecule has 0 spiro atoms. The van der Waals surface area contributed by atoms with E-state index in [4.69, 9.17) is 5.11 Å². The summed E-state index contributed by atoms with van der Waals surface area (Å²) in [5.41, 5.74) is 1.91. The molecule has 1 amide bonds. The summed E-state index contributed by atoms with van der Waals surface area (Å²) in [7, 11) is 0. The first-order chi connectivity index (χ1) is 10.3. The number of carbonyl (C=O) groups is 2. The molecule has 0 aliphatic heterocycles. The third-order valence-corrected chi connectivity index (χ3v) is 3.74. The highest BCUT2D eigenvalue weighted by Crippen LogP contribution is 2.17. The molecule has 0 aliphatic carbocycles. The maximum atomic E-state index is 12.6. The predicted octanol–water partition coefficient (Wildman–Crippen LogP) is 3.85. The van der Waals surface area contributed by atoms with Gasteiger partial charge in [-0.2, -0.15) is 0 Å². The molecule has 0 radical (unpaired) electrons. The maximum Gasteiger partial charge on any atom is 0.305 e. The molecular weight excluding hydrogens is 346 g/mol. The Morgan fingerprint density at radius 1 is 1.41 bits per heavy atom. The Morgan fingerprint density at radius 2 is 2.09 bits per heavy atom. The van der Waals surface area contributed by atoms with Gasteiger partial charge in [-0.05, 0) is 31.0 Å². The summed E-state index contributed by atoms with van der Waals surface area (Å²) < 4.78 is 0.936. The van der Waals surface area contributed by atoms with E-state index in [1.54, 1.807) is 4.90 Å². The molecule has 120 valence electrons. The van der Waals surface area contributed by atoms with Crippen LogP contribution < -0.4 is 0 Å². The molecule has 1 N–H and O–H groups in total. The smallest absolute Gasteiger partial charge is 0.305 e. The molecule has 1 aromatic rings. The van der Waals surface area contributed by atoms with Gasteiger partial charge in [-0.15, -0.1) is 6.58 Å². The zero-order chi connectivity index (χ0) is 16.7. The van der Waals surface area contributed by atoms with E-state index in [9.17, 15) is 9.59 Å². The van der Waals surface area contributed by atoms with Crippen molar-refractivity contribution in [3.8, 4) is 0 Å². The summed E-state index contributed by atoms with van der Waals surface area (Å²) in [6.45, 7) is 8.20. The second-order valence-corrected chi connectivity index (χ2v) is 6.51. The molecule has 0 bridgehead atoms. The Hall–Kier alpha value is -1.62. The van der Waals surface area contributed by atoms with Gasteiger partial charge in [0.2, 0.25) is 5.91 Å². The van der Waals surface area contributed by atoms with E-state index in [1.165, 1.54) is 0 Å². The van der Waals surface area contributed by atoms with E-state index < -0.39 is 5.97 Å². The highest BCUT2D eigenvalue weighted by molar-refractivity contribution is 9.10. The zero-order valence-corrected chi connectivity index (χ0v) is 14.6. The van der Waals surface area contributed by atoms with Gasteiger partial charge >= 0.3 is 5.97 Å². The number of carboxylic acid groups (broad SMARTS) is 1.